The number of Topliss-reactive ketones (excluding diaryl/α,β-unsaturated/α-hetero) is 1. The van der Waals surface area contributed by atoms with Gasteiger partial charge in [-0.15, -0.1) is 0 Å². The second-order valence-electron chi connectivity index (χ2n) is 14.8. The molecule has 2 nitrogen and oxygen atoms in total. The van der Waals surface area contributed by atoms with Crippen LogP contribution in [0, 0.1) is 50.2 Å². The van der Waals surface area contributed by atoms with Crippen molar-refractivity contribution in [2.75, 3.05) is 6.61 Å². The number of fused-ring (bicyclic) bond motifs is 7. The molecule has 8 unspecified atom stereocenters. The maximum absolute atomic E-state index is 12.9. The quantitative estimate of drug-likeness (QED) is 0.433. The third kappa shape index (κ3) is 2.71. The molecule has 2 heteroatoms. The van der Waals surface area contributed by atoms with Crippen molar-refractivity contribution in [2.24, 2.45) is 50.2 Å². The zero-order chi connectivity index (χ0) is 23.4. The Morgan fingerprint density at radius 3 is 2.28 bits per heavy atom. The van der Waals surface area contributed by atoms with Gasteiger partial charge in [-0.1, -0.05) is 60.1 Å². The first-order valence-corrected chi connectivity index (χ1v) is 13.6. The monoisotopic (exact) mass is 440 g/mol. The Morgan fingerprint density at radius 1 is 0.906 bits per heavy atom. The zero-order valence-electron chi connectivity index (χ0n) is 21.9. The van der Waals surface area contributed by atoms with Gasteiger partial charge < -0.3 is 5.11 Å². The molecule has 0 saturated heterocycles. The van der Waals surface area contributed by atoms with Crippen LogP contribution in [-0.4, -0.2) is 17.5 Å². The highest BCUT2D eigenvalue weighted by Gasteiger charge is 2.67. The molecule has 4 saturated carbocycles. The summed E-state index contributed by atoms with van der Waals surface area (Å²) in [5, 5.41) is 10.2. The smallest absolute Gasteiger partial charge is 0.138 e. The normalized spacial score (nSPS) is 54.6. The van der Waals surface area contributed by atoms with E-state index in [0.29, 0.717) is 41.0 Å². The number of aliphatic hydroxyl groups is 1. The van der Waals surface area contributed by atoms with Gasteiger partial charge in [0.05, 0.1) is 0 Å². The third-order valence-corrected chi connectivity index (χ3v) is 13.1. The van der Waals surface area contributed by atoms with Crippen molar-refractivity contribution in [3.63, 3.8) is 0 Å². The van der Waals surface area contributed by atoms with Crippen LogP contribution in [0.2, 0.25) is 0 Å². The van der Waals surface area contributed by atoms with Crippen molar-refractivity contribution in [1.82, 2.24) is 0 Å². The highest BCUT2D eigenvalue weighted by atomic mass is 16.3. The average molecular weight is 441 g/mol. The van der Waals surface area contributed by atoms with E-state index in [-0.39, 0.29) is 21.7 Å². The first kappa shape index (κ1) is 23.1. The van der Waals surface area contributed by atoms with Crippen molar-refractivity contribution < 1.29 is 9.90 Å². The van der Waals surface area contributed by atoms with Gasteiger partial charge in [-0.05, 0) is 103 Å². The van der Waals surface area contributed by atoms with Gasteiger partial charge in [0.15, 0.2) is 0 Å². The van der Waals surface area contributed by atoms with Crippen LogP contribution in [-0.2, 0) is 4.79 Å². The van der Waals surface area contributed by atoms with Crippen molar-refractivity contribution in [2.45, 2.75) is 113 Å². The Kier molecular flexibility index (Phi) is 4.87. The fraction of sp³-hybridized carbons (Fsp3) is 0.900. The van der Waals surface area contributed by atoms with E-state index in [0.717, 1.165) is 19.3 Å². The molecule has 0 heterocycles. The second-order valence-corrected chi connectivity index (χ2v) is 14.8. The molecule has 180 valence electrons. The minimum Gasteiger partial charge on any atom is -0.396 e. The van der Waals surface area contributed by atoms with Crippen molar-refractivity contribution in [3.05, 3.63) is 11.6 Å². The van der Waals surface area contributed by atoms with E-state index in [1.165, 1.54) is 44.9 Å². The number of hydrogen-bond donors (Lipinski definition) is 1. The van der Waals surface area contributed by atoms with Gasteiger partial charge in [-0.25, -0.2) is 0 Å². The van der Waals surface area contributed by atoms with E-state index in [1.54, 1.807) is 5.57 Å². The van der Waals surface area contributed by atoms with E-state index in [9.17, 15) is 9.90 Å². The van der Waals surface area contributed by atoms with Gasteiger partial charge in [-0.3, -0.25) is 4.79 Å². The summed E-state index contributed by atoms with van der Waals surface area (Å²) in [6.45, 7) is 17.5. The summed E-state index contributed by atoms with van der Waals surface area (Å²) in [5.74, 6) is 2.32. The third-order valence-electron chi connectivity index (χ3n) is 13.1. The summed E-state index contributed by atoms with van der Waals surface area (Å²) >= 11 is 0. The lowest BCUT2D eigenvalue weighted by molar-refractivity contribution is -0.184. The molecule has 8 atom stereocenters. The molecule has 0 spiro atoms. The Hall–Kier alpha value is -0.630. The molecule has 0 amide bonds. The molecule has 0 aliphatic heterocycles. The number of aliphatic hydroxyl groups excluding tert-OH is 1. The van der Waals surface area contributed by atoms with Crippen LogP contribution in [0.15, 0.2) is 11.6 Å². The van der Waals surface area contributed by atoms with Crippen LogP contribution in [0.4, 0.5) is 0 Å². The first-order valence-electron chi connectivity index (χ1n) is 13.6. The molecule has 0 bridgehead atoms. The van der Waals surface area contributed by atoms with Crippen molar-refractivity contribution in [1.29, 1.82) is 0 Å². The number of ketones is 1. The standard InChI is InChI=1S/C30H48O2/c1-25(2)22-10-13-30(7)23(28(22,5)12-11-24(25)32)9-8-20-21-18-26(3,19-31)14-15-27(21,4)16-17-29(20,30)6/h8,21-23,31H,9-19H2,1-7H3. The lowest BCUT2D eigenvalue weighted by Crippen LogP contribution is -2.64. The molecule has 5 aliphatic rings. The van der Waals surface area contributed by atoms with Crippen LogP contribution < -0.4 is 0 Å². The minimum atomic E-state index is -0.170. The Morgan fingerprint density at radius 2 is 1.59 bits per heavy atom. The molecule has 4 fully saturated rings. The Balaban J connectivity index is 1.57. The lowest BCUT2D eigenvalue weighted by atomic mass is 9.34. The molecule has 0 aromatic carbocycles. The first-order chi connectivity index (χ1) is 14.8. The maximum Gasteiger partial charge on any atom is 0.138 e. The fourth-order valence-corrected chi connectivity index (χ4v) is 10.4. The minimum absolute atomic E-state index is 0.0818. The predicted molar refractivity (Wildman–Crippen MR) is 131 cm³/mol. The highest BCUT2D eigenvalue weighted by Crippen LogP contribution is 2.75. The van der Waals surface area contributed by atoms with E-state index in [1.807, 2.05) is 0 Å². The number of hydrogen-bond acceptors (Lipinski definition) is 2. The number of carbonyl (C=O) groups is 1. The molecule has 0 aromatic rings. The van der Waals surface area contributed by atoms with E-state index in [4.69, 9.17) is 0 Å². The SMILES string of the molecule is CC1(CO)CCC2(C)CCC3(C)C(=CCC4C5(C)CCC(=O)C(C)(C)C5CCC43C)C2C1. The van der Waals surface area contributed by atoms with Gasteiger partial charge in [0, 0.05) is 18.4 Å². The summed E-state index contributed by atoms with van der Waals surface area (Å²) in [7, 11) is 0. The van der Waals surface area contributed by atoms with E-state index >= 15 is 0 Å². The zero-order valence-corrected chi connectivity index (χ0v) is 21.9. The maximum atomic E-state index is 12.9. The lowest BCUT2D eigenvalue weighted by Gasteiger charge is -2.70. The summed E-state index contributed by atoms with van der Waals surface area (Å²) in [6.07, 6.45) is 14.5. The topological polar surface area (TPSA) is 37.3 Å². The predicted octanol–water partition coefficient (Wildman–Crippen LogP) is 7.35. The Bertz CT molecular complexity index is 855. The van der Waals surface area contributed by atoms with Crippen LogP contribution in [0.5, 0.6) is 0 Å². The van der Waals surface area contributed by atoms with Gasteiger partial charge in [0.1, 0.15) is 5.78 Å². The average Bonchev–Trinajstić information content (AvgIpc) is 2.73. The van der Waals surface area contributed by atoms with Crippen molar-refractivity contribution in [3.8, 4) is 0 Å². The molecule has 0 radical (unpaired) electrons. The summed E-state index contributed by atoms with van der Waals surface area (Å²) in [6, 6.07) is 0. The van der Waals surface area contributed by atoms with Crippen LogP contribution in [0.3, 0.4) is 0 Å². The largest absolute Gasteiger partial charge is 0.396 e. The van der Waals surface area contributed by atoms with Crippen LogP contribution >= 0.6 is 0 Å². The number of carbonyl (C=O) groups excluding carboxylic acids is 1. The molecule has 5 rings (SSSR count). The second kappa shape index (κ2) is 6.73. The number of rotatable bonds is 1. The van der Waals surface area contributed by atoms with Crippen molar-refractivity contribution >= 4 is 5.78 Å². The van der Waals surface area contributed by atoms with Gasteiger partial charge in [0.2, 0.25) is 0 Å². The highest BCUT2D eigenvalue weighted by molar-refractivity contribution is 5.85. The molecule has 0 aromatic heterocycles. The van der Waals surface area contributed by atoms with Gasteiger partial charge >= 0.3 is 0 Å². The fourth-order valence-electron chi connectivity index (χ4n) is 10.4. The molecule has 32 heavy (non-hydrogen) atoms. The van der Waals surface area contributed by atoms with Gasteiger partial charge in [-0.2, -0.15) is 0 Å². The summed E-state index contributed by atoms with van der Waals surface area (Å²) in [4.78, 5) is 12.9. The summed E-state index contributed by atoms with van der Waals surface area (Å²) in [5.41, 5.74) is 2.92. The molecular formula is C30H48O2. The molecular weight excluding hydrogens is 392 g/mol. The van der Waals surface area contributed by atoms with Crippen LogP contribution in [0.1, 0.15) is 113 Å². The van der Waals surface area contributed by atoms with E-state index < -0.39 is 0 Å². The van der Waals surface area contributed by atoms with Gasteiger partial charge in [0.25, 0.3) is 0 Å². The Labute approximate surface area is 197 Å². The number of allylic oxidation sites excluding steroid dienone is 2. The molecule has 1 N–H and O–H groups in total. The van der Waals surface area contributed by atoms with Crippen LogP contribution in [0.25, 0.3) is 0 Å². The molecule has 5 aliphatic carbocycles. The van der Waals surface area contributed by atoms with E-state index in [2.05, 4.69) is 54.5 Å². The summed E-state index contributed by atoms with van der Waals surface area (Å²) < 4.78 is 0.